The Kier molecular flexibility index (Phi) is 3.26. The van der Waals surface area contributed by atoms with E-state index in [4.69, 9.17) is 5.10 Å². The molecule has 2 nitrogen and oxygen atoms in total. The third-order valence-electron chi connectivity index (χ3n) is 4.13. The van der Waals surface area contributed by atoms with Crippen molar-refractivity contribution in [3.8, 4) is 16.9 Å². The Bertz CT molecular complexity index is 837. The number of fused-ring (bicyclic) bond motifs is 3. The summed E-state index contributed by atoms with van der Waals surface area (Å²) in [5.41, 5.74) is 5.94. The summed E-state index contributed by atoms with van der Waals surface area (Å²) in [6, 6.07) is 15.0. The summed E-state index contributed by atoms with van der Waals surface area (Å²) >= 11 is 1.67. The highest BCUT2D eigenvalue weighted by molar-refractivity contribution is 7.98. The van der Waals surface area contributed by atoms with Crippen molar-refractivity contribution in [2.24, 2.45) is 0 Å². The minimum absolute atomic E-state index is 0.227. The summed E-state index contributed by atoms with van der Waals surface area (Å²) in [5, 5.41) is 5.83. The lowest BCUT2D eigenvalue weighted by Gasteiger charge is -2.18. The van der Waals surface area contributed by atoms with Gasteiger partial charge in [0.1, 0.15) is 10.8 Å². The van der Waals surface area contributed by atoms with Gasteiger partial charge in [-0.25, -0.2) is 9.07 Å². The van der Waals surface area contributed by atoms with E-state index >= 15 is 0 Å². The van der Waals surface area contributed by atoms with Crippen LogP contribution in [0.3, 0.4) is 0 Å². The van der Waals surface area contributed by atoms with Gasteiger partial charge >= 0.3 is 0 Å². The lowest BCUT2D eigenvalue weighted by atomic mass is 9.90. The maximum Gasteiger partial charge on any atom is 0.123 e. The fraction of sp³-hybridized carbons (Fsp3) is 0.167. The molecule has 0 bridgehead atoms. The molecule has 0 radical (unpaired) electrons. The second kappa shape index (κ2) is 5.29. The first-order valence-corrected chi connectivity index (χ1v) is 8.50. The van der Waals surface area contributed by atoms with E-state index in [2.05, 4.69) is 30.5 Å². The SMILES string of the molecule is CSc1nn(-c2ccc(F)cc2)c2c1CCc1ccccc1-2. The van der Waals surface area contributed by atoms with Gasteiger partial charge < -0.3 is 0 Å². The van der Waals surface area contributed by atoms with Gasteiger partial charge in [-0.1, -0.05) is 24.3 Å². The van der Waals surface area contributed by atoms with E-state index in [0.29, 0.717) is 0 Å². The predicted octanol–water partition coefficient (Wildman–Crippen LogP) is 4.50. The van der Waals surface area contributed by atoms with Crippen molar-refractivity contribution in [3.63, 3.8) is 0 Å². The standard InChI is InChI=1S/C18H15FN2S/c1-22-18-16-11-6-12-4-2-3-5-15(12)17(16)21(20-18)14-9-7-13(19)8-10-14/h2-5,7-10H,6,11H2,1H3. The highest BCUT2D eigenvalue weighted by atomic mass is 32.2. The Morgan fingerprint density at radius 3 is 2.59 bits per heavy atom. The number of hydrogen-bond acceptors (Lipinski definition) is 2. The molecule has 0 atom stereocenters. The number of nitrogens with zero attached hydrogens (tertiary/aromatic N) is 2. The first kappa shape index (κ1) is 13.6. The molecule has 0 fully saturated rings. The van der Waals surface area contributed by atoms with Gasteiger partial charge in [0.2, 0.25) is 0 Å². The van der Waals surface area contributed by atoms with E-state index in [1.165, 1.54) is 28.8 Å². The fourth-order valence-electron chi connectivity index (χ4n) is 3.09. The van der Waals surface area contributed by atoms with Gasteiger partial charge in [-0.2, -0.15) is 5.10 Å². The normalized spacial score (nSPS) is 12.8. The van der Waals surface area contributed by atoms with Crippen LogP contribution in [0.25, 0.3) is 16.9 Å². The van der Waals surface area contributed by atoms with Crippen LogP contribution in [0, 0.1) is 5.82 Å². The molecular formula is C18H15FN2S. The van der Waals surface area contributed by atoms with Gasteiger partial charge in [0.05, 0.1) is 11.4 Å². The van der Waals surface area contributed by atoms with E-state index in [-0.39, 0.29) is 5.82 Å². The number of thioether (sulfide) groups is 1. The molecule has 1 aliphatic carbocycles. The minimum atomic E-state index is -0.227. The monoisotopic (exact) mass is 310 g/mol. The van der Waals surface area contributed by atoms with Crippen LogP contribution in [0.1, 0.15) is 11.1 Å². The Morgan fingerprint density at radius 1 is 1.05 bits per heavy atom. The summed E-state index contributed by atoms with van der Waals surface area (Å²) in [5.74, 6) is -0.227. The zero-order valence-corrected chi connectivity index (χ0v) is 13.0. The molecule has 3 aromatic rings. The van der Waals surface area contributed by atoms with Crippen LogP contribution in [-0.4, -0.2) is 16.0 Å². The number of aryl methyl sites for hydroxylation is 1. The van der Waals surface area contributed by atoms with Gasteiger partial charge in [-0.3, -0.25) is 0 Å². The van der Waals surface area contributed by atoms with Crippen LogP contribution in [0.5, 0.6) is 0 Å². The number of benzene rings is 2. The smallest absolute Gasteiger partial charge is 0.123 e. The Labute approximate surface area is 133 Å². The maximum atomic E-state index is 13.2. The molecule has 4 rings (SSSR count). The molecule has 0 spiro atoms. The van der Waals surface area contributed by atoms with Crippen LogP contribution in [-0.2, 0) is 12.8 Å². The van der Waals surface area contributed by atoms with Crippen molar-refractivity contribution in [2.75, 3.05) is 6.26 Å². The Hall–Kier alpha value is -2.07. The third-order valence-corrected chi connectivity index (χ3v) is 4.84. The summed E-state index contributed by atoms with van der Waals surface area (Å²) < 4.78 is 15.2. The molecule has 0 amide bonds. The molecule has 1 aromatic heterocycles. The molecule has 0 saturated heterocycles. The van der Waals surface area contributed by atoms with Crippen molar-refractivity contribution in [2.45, 2.75) is 17.9 Å². The van der Waals surface area contributed by atoms with Gasteiger partial charge in [0, 0.05) is 11.1 Å². The quantitative estimate of drug-likeness (QED) is 0.649. The minimum Gasteiger partial charge on any atom is -0.232 e. The Balaban J connectivity index is 1.98. The number of rotatable bonds is 2. The number of halogens is 1. The van der Waals surface area contributed by atoms with Crippen molar-refractivity contribution in [1.82, 2.24) is 9.78 Å². The largest absolute Gasteiger partial charge is 0.232 e. The summed E-state index contributed by atoms with van der Waals surface area (Å²) in [6.07, 6.45) is 4.10. The first-order valence-electron chi connectivity index (χ1n) is 7.28. The van der Waals surface area contributed by atoms with E-state index in [0.717, 1.165) is 29.2 Å². The lowest BCUT2D eigenvalue weighted by molar-refractivity contribution is 0.627. The van der Waals surface area contributed by atoms with Crippen molar-refractivity contribution in [1.29, 1.82) is 0 Å². The molecule has 0 unspecified atom stereocenters. The predicted molar refractivity (Wildman–Crippen MR) is 88.1 cm³/mol. The summed E-state index contributed by atoms with van der Waals surface area (Å²) in [7, 11) is 0. The van der Waals surface area contributed by atoms with Gasteiger partial charge in [0.15, 0.2) is 0 Å². The van der Waals surface area contributed by atoms with Crippen LogP contribution < -0.4 is 0 Å². The van der Waals surface area contributed by atoms with Crippen molar-refractivity contribution in [3.05, 3.63) is 65.5 Å². The average Bonchev–Trinajstić information content (AvgIpc) is 2.95. The van der Waals surface area contributed by atoms with E-state index in [1.54, 1.807) is 23.9 Å². The maximum absolute atomic E-state index is 13.2. The first-order chi connectivity index (χ1) is 10.8. The molecule has 4 heteroatoms. The van der Waals surface area contributed by atoms with Gasteiger partial charge in [-0.05, 0) is 48.9 Å². The van der Waals surface area contributed by atoms with E-state index in [9.17, 15) is 4.39 Å². The second-order valence-corrected chi connectivity index (χ2v) is 6.18. The zero-order chi connectivity index (χ0) is 15.1. The third kappa shape index (κ3) is 2.06. The molecule has 0 saturated carbocycles. The van der Waals surface area contributed by atoms with Gasteiger partial charge in [-0.15, -0.1) is 11.8 Å². The molecular weight excluding hydrogens is 295 g/mol. The topological polar surface area (TPSA) is 17.8 Å². The summed E-state index contributed by atoms with van der Waals surface area (Å²) in [4.78, 5) is 0. The number of aromatic nitrogens is 2. The highest BCUT2D eigenvalue weighted by Gasteiger charge is 2.25. The van der Waals surface area contributed by atoms with Crippen LogP contribution in [0.4, 0.5) is 4.39 Å². The number of hydrogen-bond donors (Lipinski definition) is 0. The molecule has 110 valence electrons. The molecule has 2 aromatic carbocycles. The molecule has 1 heterocycles. The molecule has 1 aliphatic rings. The van der Waals surface area contributed by atoms with Crippen molar-refractivity contribution < 1.29 is 4.39 Å². The zero-order valence-electron chi connectivity index (χ0n) is 12.2. The van der Waals surface area contributed by atoms with Crippen LogP contribution in [0.2, 0.25) is 0 Å². The van der Waals surface area contributed by atoms with Crippen LogP contribution in [0.15, 0.2) is 53.6 Å². The molecule has 0 N–H and O–H groups in total. The van der Waals surface area contributed by atoms with E-state index < -0.39 is 0 Å². The van der Waals surface area contributed by atoms with E-state index in [1.807, 2.05) is 4.68 Å². The highest BCUT2D eigenvalue weighted by Crippen LogP contribution is 2.39. The van der Waals surface area contributed by atoms with Crippen molar-refractivity contribution >= 4 is 11.8 Å². The molecule has 0 aliphatic heterocycles. The average molecular weight is 310 g/mol. The fourth-order valence-corrected chi connectivity index (χ4v) is 3.70. The summed E-state index contributed by atoms with van der Waals surface area (Å²) in [6.45, 7) is 0. The molecule has 22 heavy (non-hydrogen) atoms. The van der Waals surface area contributed by atoms with Crippen LogP contribution >= 0.6 is 11.8 Å². The Morgan fingerprint density at radius 2 is 1.82 bits per heavy atom. The lowest BCUT2D eigenvalue weighted by Crippen LogP contribution is -2.07. The second-order valence-electron chi connectivity index (χ2n) is 5.38. The van der Waals surface area contributed by atoms with Gasteiger partial charge in [0.25, 0.3) is 0 Å².